The Morgan fingerprint density at radius 1 is 1.82 bits per heavy atom. The van der Waals surface area contributed by atoms with E-state index in [1.807, 2.05) is 7.05 Å². The molecule has 3 unspecified atom stereocenters. The minimum atomic E-state index is 0. The molecule has 0 bridgehead atoms. The van der Waals surface area contributed by atoms with Crippen molar-refractivity contribution in [2.24, 2.45) is 0 Å². The van der Waals surface area contributed by atoms with E-state index in [0.29, 0.717) is 11.3 Å². The molecule has 1 aliphatic heterocycles. The molecule has 0 saturated carbocycles. The van der Waals surface area contributed by atoms with Crippen LogP contribution in [0.25, 0.3) is 0 Å². The van der Waals surface area contributed by atoms with Gasteiger partial charge >= 0.3 is 0 Å². The summed E-state index contributed by atoms with van der Waals surface area (Å²) in [5.41, 5.74) is 0. The first-order chi connectivity index (χ1) is 5.29. The topological polar surface area (TPSA) is 41.1 Å². The zero-order chi connectivity index (χ0) is 8.27. The predicted molar refractivity (Wildman–Crippen MR) is 48.6 cm³/mol. The second kappa shape index (κ2) is 3.97. The van der Waals surface area contributed by atoms with E-state index >= 15 is 0 Å². The summed E-state index contributed by atoms with van der Waals surface area (Å²) in [6.45, 7) is 3.97. The molecule has 2 N–H and O–H groups in total. The Morgan fingerprint density at radius 2 is 2.55 bits per heavy atom. The number of carbonyl (C=O) groups excluding carboxylic acids is 1. The molecule has 64 valence electrons. The smallest absolute Gasteiger partial charge is 0.207 e. The third-order valence-electron chi connectivity index (χ3n) is 1.94. The van der Waals surface area contributed by atoms with Gasteiger partial charge in [0, 0.05) is 18.5 Å². The lowest BCUT2D eigenvalue weighted by molar-refractivity contribution is -0.110. The van der Waals surface area contributed by atoms with Crippen LogP contribution in [0.1, 0.15) is 1.43 Å². The van der Waals surface area contributed by atoms with Crippen molar-refractivity contribution in [3.63, 3.8) is 0 Å². The molecule has 0 aliphatic carbocycles. The number of nitrogens with one attached hydrogen (secondary N) is 2. The molecule has 2 radical (unpaired) electrons. The van der Waals surface area contributed by atoms with Gasteiger partial charge in [0.05, 0.1) is 6.04 Å². The second-order valence-corrected chi connectivity index (χ2v) is 3.85. The molecule has 0 aromatic carbocycles. The van der Waals surface area contributed by atoms with Gasteiger partial charge in [0.25, 0.3) is 0 Å². The van der Waals surface area contributed by atoms with Crippen molar-refractivity contribution in [2.45, 2.75) is 17.3 Å². The molecule has 0 spiro atoms. The number of hydrogen-bond acceptors (Lipinski definition) is 3. The highest BCUT2D eigenvalue weighted by atomic mass is 32.2. The Kier molecular flexibility index (Phi) is 3.20. The quantitative estimate of drug-likeness (QED) is 0.580. The van der Waals surface area contributed by atoms with Gasteiger partial charge in [-0.3, -0.25) is 4.79 Å². The van der Waals surface area contributed by atoms with Crippen molar-refractivity contribution in [3.05, 3.63) is 6.92 Å². The van der Waals surface area contributed by atoms with Crippen LogP contribution < -0.4 is 10.6 Å². The molecule has 11 heavy (non-hydrogen) atoms. The van der Waals surface area contributed by atoms with Gasteiger partial charge in [-0.2, -0.15) is 11.8 Å². The SMILES string of the molecule is [CH2]C1SCC(NC=O)C1NC.[H]. The minimum absolute atomic E-state index is 0. The zero-order valence-corrected chi connectivity index (χ0v) is 7.36. The molecular weight excluding hydrogens is 160 g/mol. The standard InChI is InChI=1S/C7H13N2OS.H/c1-5-7(8-2)6(3-11-5)9-4-10;/h4-8H,1,3H2,2H3,(H,9,10);. The number of thioether (sulfide) groups is 1. The van der Waals surface area contributed by atoms with E-state index in [2.05, 4.69) is 17.6 Å². The summed E-state index contributed by atoms with van der Waals surface area (Å²) in [6, 6.07) is 0.551. The minimum Gasteiger partial charge on any atom is -0.353 e. The Balaban J connectivity index is 0.00000121. The molecule has 0 aromatic heterocycles. The van der Waals surface area contributed by atoms with Crippen LogP contribution in [0.15, 0.2) is 0 Å². The van der Waals surface area contributed by atoms with E-state index in [4.69, 9.17) is 0 Å². The molecule has 1 aliphatic rings. The average Bonchev–Trinajstić information content (AvgIpc) is 2.33. The van der Waals surface area contributed by atoms with Gasteiger partial charge in [-0.05, 0) is 14.0 Å². The van der Waals surface area contributed by atoms with E-state index < -0.39 is 0 Å². The van der Waals surface area contributed by atoms with Crippen LogP contribution >= 0.6 is 11.8 Å². The summed E-state index contributed by atoms with van der Waals surface area (Å²) >= 11 is 1.78. The third kappa shape index (κ3) is 1.87. The number of rotatable bonds is 3. The second-order valence-electron chi connectivity index (χ2n) is 2.58. The molecule has 1 heterocycles. The van der Waals surface area contributed by atoms with Gasteiger partial charge in [-0.15, -0.1) is 0 Å². The molecule has 0 aromatic rings. The first kappa shape index (κ1) is 8.87. The number of likely N-dealkylation sites (N-methyl/N-ethyl adjacent to an activating group) is 1. The molecule has 1 saturated heterocycles. The van der Waals surface area contributed by atoms with Crippen molar-refractivity contribution >= 4 is 18.2 Å². The first-order valence-electron chi connectivity index (χ1n) is 3.61. The van der Waals surface area contributed by atoms with E-state index in [0.717, 1.165) is 12.2 Å². The van der Waals surface area contributed by atoms with Gasteiger partial charge in [0.15, 0.2) is 0 Å². The summed E-state index contributed by atoms with van der Waals surface area (Å²) in [6.07, 6.45) is 0.758. The van der Waals surface area contributed by atoms with Gasteiger partial charge in [0.1, 0.15) is 0 Å². The van der Waals surface area contributed by atoms with E-state index in [-0.39, 0.29) is 7.47 Å². The highest BCUT2D eigenvalue weighted by Gasteiger charge is 2.32. The normalized spacial score (nSPS) is 37.1. The van der Waals surface area contributed by atoms with Crippen LogP contribution in [0.5, 0.6) is 0 Å². The number of hydrogen-bond donors (Lipinski definition) is 2. The fourth-order valence-corrected chi connectivity index (χ4v) is 2.61. The monoisotopic (exact) mass is 174 g/mol. The maximum absolute atomic E-state index is 10.2. The van der Waals surface area contributed by atoms with Crippen LogP contribution in [0.4, 0.5) is 0 Å². The van der Waals surface area contributed by atoms with Crippen LogP contribution in [-0.4, -0.2) is 36.5 Å². The largest absolute Gasteiger partial charge is 0.353 e. The summed E-state index contributed by atoms with van der Waals surface area (Å²) in [5, 5.41) is 6.26. The van der Waals surface area contributed by atoms with Crippen LogP contribution in [0.2, 0.25) is 0 Å². The highest BCUT2D eigenvalue weighted by molar-refractivity contribution is 8.00. The summed E-state index contributed by atoms with van der Waals surface area (Å²) in [4.78, 5) is 10.2. The van der Waals surface area contributed by atoms with E-state index in [1.54, 1.807) is 11.8 Å². The zero-order valence-electron chi connectivity index (χ0n) is 7.54. The van der Waals surface area contributed by atoms with E-state index in [1.165, 1.54) is 0 Å². The molecule has 4 heteroatoms. The Bertz CT molecular complexity index is 147. The van der Waals surface area contributed by atoms with Crippen molar-refractivity contribution < 1.29 is 6.22 Å². The molecular formula is C7H14N2OS. The van der Waals surface area contributed by atoms with Crippen molar-refractivity contribution in [2.75, 3.05) is 12.8 Å². The average molecular weight is 174 g/mol. The fraction of sp³-hybridized carbons (Fsp3) is 0.714. The maximum Gasteiger partial charge on any atom is 0.207 e. The summed E-state index contributed by atoms with van der Waals surface area (Å²) < 4.78 is 0. The van der Waals surface area contributed by atoms with Gasteiger partial charge in [-0.1, -0.05) is 0 Å². The van der Waals surface area contributed by atoms with Gasteiger partial charge in [-0.25, -0.2) is 0 Å². The number of carbonyl (C=O) groups is 1. The Morgan fingerprint density at radius 3 is 3.09 bits per heavy atom. The molecule has 1 fully saturated rings. The van der Waals surface area contributed by atoms with Gasteiger partial charge in [0.2, 0.25) is 6.41 Å². The third-order valence-corrected chi connectivity index (χ3v) is 3.21. The maximum atomic E-state index is 10.2. The lowest BCUT2D eigenvalue weighted by Gasteiger charge is -2.19. The summed E-state index contributed by atoms with van der Waals surface area (Å²) in [5.74, 6) is 0.957. The van der Waals surface area contributed by atoms with Crippen molar-refractivity contribution in [1.82, 2.24) is 10.6 Å². The van der Waals surface area contributed by atoms with Gasteiger partial charge < -0.3 is 10.6 Å². The van der Waals surface area contributed by atoms with E-state index in [9.17, 15) is 4.79 Å². The van der Waals surface area contributed by atoms with Crippen LogP contribution in [0, 0.1) is 6.92 Å². The highest BCUT2D eigenvalue weighted by Crippen LogP contribution is 2.25. The fourth-order valence-electron chi connectivity index (χ4n) is 1.32. The molecule has 1 rings (SSSR count). The molecule has 3 nitrogen and oxygen atoms in total. The lowest BCUT2D eigenvalue weighted by Crippen LogP contribution is -2.47. The number of amides is 1. The lowest BCUT2D eigenvalue weighted by atomic mass is 10.1. The summed E-state index contributed by atoms with van der Waals surface area (Å²) in [7, 11) is 1.90. The van der Waals surface area contributed by atoms with Crippen LogP contribution in [0.3, 0.4) is 0 Å². The van der Waals surface area contributed by atoms with Crippen LogP contribution in [-0.2, 0) is 4.79 Å². The first-order valence-corrected chi connectivity index (χ1v) is 4.66. The predicted octanol–water partition coefficient (Wildman–Crippen LogP) is -0.249. The Hall–Kier alpha value is -0.220. The molecule has 3 atom stereocenters. The Labute approximate surface area is 72.8 Å². The van der Waals surface area contributed by atoms with Crippen molar-refractivity contribution in [1.29, 1.82) is 0 Å². The molecule has 1 amide bonds. The van der Waals surface area contributed by atoms with Crippen molar-refractivity contribution in [3.8, 4) is 0 Å².